The smallest absolute Gasteiger partial charge is 0.164 e. The number of hydrogen-bond donors (Lipinski definition) is 3. The van der Waals surface area contributed by atoms with Crippen LogP contribution in [0.2, 0.25) is 5.15 Å². The Morgan fingerprint density at radius 1 is 1.31 bits per heavy atom. The van der Waals surface area contributed by atoms with E-state index in [-0.39, 0.29) is 6.61 Å². The van der Waals surface area contributed by atoms with E-state index in [1.54, 1.807) is 29.0 Å². The Labute approximate surface area is 195 Å². The first-order chi connectivity index (χ1) is 15.3. The number of rotatable bonds is 4. The first-order valence-corrected chi connectivity index (χ1v) is 10.9. The first kappa shape index (κ1) is 21.4. The minimum atomic E-state index is -1.57. The van der Waals surface area contributed by atoms with Crippen LogP contribution in [-0.4, -0.2) is 54.1 Å². The number of pyridine rings is 1. The number of aliphatic hydroxyl groups excluding tert-OH is 1. The first-order valence-electron chi connectivity index (χ1n) is 9.77. The summed E-state index contributed by atoms with van der Waals surface area (Å²) in [4.78, 5) is 12.5. The van der Waals surface area contributed by atoms with Crippen molar-refractivity contribution in [3.05, 3.63) is 52.5 Å². The molecule has 1 aliphatic rings. The van der Waals surface area contributed by atoms with Crippen LogP contribution >= 0.6 is 27.5 Å². The van der Waals surface area contributed by atoms with E-state index in [2.05, 4.69) is 30.9 Å². The van der Waals surface area contributed by atoms with Gasteiger partial charge in [-0.1, -0.05) is 11.6 Å². The second kappa shape index (κ2) is 7.82. The van der Waals surface area contributed by atoms with Gasteiger partial charge in [-0.15, -0.1) is 0 Å². The monoisotopic (exact) mass is 519 g/mol. The summed E-state index contributed by atoms with van der Waals surface area (Å²) >= 11 is 9.49. The third-order valence-electron chi connectivity index (χ3n) is 5.73. The average Bonchev–Trinajstić information content (AvgIpc) is 3.28. The Morgan fingerprint density at radius 2 is 2.12 bits per heavy atom. The summed E-state index contributed by atoms with van der Waals surface area (Å²) in [5, 5.41) is 23.6. The van der Waals surface area contributed by atoms with E-state index in [0.717, 1.165) is 9.86 Å². The molecule has 166 valence electrons. The van der Waals surface area contributed by atoms with Gasteiger partial charge in [-0.3, -0.25) is 0 Å². The van der Waals surface area contributed by atoms with Crippen LogP contribution in [0, 0.1) is 0 Å². The van der Waals surface area contributed by atoms with E-state index in [1.165, 1.54) is 13.3 Å². The SMILES string of the molecule is C[C@@]1(O)[C@@H](COc2ccc3cc(Br)c(N)nc3c2)O[C@@H](n2ccc3c(Cl)ncnc32)[C@@H]1O. The molecule has 0 unspecified atom stereocenters. The lowest BCUT2D eigenvalue weighted by molar-refractivity contribution is -0.0765. The summed E-state index contributed by atoms with van der Waals surface area (Å²) < 4.78 is 14.2. The molecule has 4 N–H and O–H groups in total. The molecule has 11 heteroatoms. The minimum absolute atomic E-state index is 0.00696. The van der Waals surface area contributed by atoms with Gasteiger partial charge in [0.25, 0.3) is 0 Å². The molecule has 0 radical (unpaired) electrons. The van der Waals surface area contributed by atoms with Crippen LogP contribution in [0.15, 0.2) is 47.3 Å². The minimum Gasteiger partial charge on any atom is -0.491 e. The van der Waals surface area contributed by atoms with E-state index in [9.17, 15) is 10.2 Å². The second-order valence-electron chi connectivity index (χ2n) is 7.83. The molecule has 32 heavy (non-hydrogen) atoms. The van der Waals surface area contributed by atoms with Crippen molar-refractivity contribution in [1.29, 1.82) is 0 Å². The van der Waals surface area contributed by atoms with E-state index in [1.807, 2.05) is 12.1 Å². The zero-order valence-corrected chi connectivity index (χ0v) is 19.2. The second-order valence-corrected chi connectivity index (χ2v) is 9.04. The summed E-state index contributed by atoms with van der Waals surface area (Å²) in [6.45, 7) is 1.52. The van der Waals surface area contributed by atoms with Crippen molar-refractivity contribution < 1.29 is 19.7 Å². The third kappa shape index (κ3) is 3.48. The number of aliphatic hydroxyl groups is 2. The Bertz CT molecular complexity index is 1330. The Kier molecular flexibility index (Phi) is 5.22. The van der Waals surface area contributed by atoms with Crippen LogP contribution in [-0.2, 0) is 4.74 Å². The third-order valence-corrected chi connectivity index (χ3v) is 6.67. The van der Waals surface area contributed by atoms with Gasteiger partial charge in [0.05, 0.1) is 15.4 Å². The maximum absolute atomic E-state index is 11.0. The van der Waals surface area contributed by atoms with Gasteiger partial charge < -0.3 is 30.0 Å². The number of halogens is 2. The largest absolute Gasteiger partial charge is 0.491 e. The fourth-order valence-electron chi connectivity index (χ4n) is 3.83. The summed E-state index contributed by atoms with van der Waals surface area (Å²) in [6.07, 6.45) is 0.111. The van der Waals surface area contributed by atoms with Gasteiger partial charge >= 0.3 is 0 Å². The van der Waals surface area contributed by atoms with Crippen LogP contribution < -0.4 is 10.5 Å². The van der Waals surface area contributed by atoms with E-state index in [4.69, 9.17) is 26.8 Å². The molecule has 4 aromatic rings. The summed E-state index contributed by atoms with van der Waals surface area (Å²) in [7, 11) is 0. The van der Waals surface area contributed by atoms with Crippen molar-refractivity contribution in [1.82, 2.24) is 19.5 Å². The van der Waals surface area contributed by atoms with Gasteiger partial charge in [-0.25, -0.2) is 15.0 Å². The summed E-state index contributed by atoms with van der Waals surface area (Å²) in [6, 6.07) is 9.03. The lowest BCUT2D eigenvalue weighted by Gasteiger charge is -2.26. The highest BCUT2D eigenvalue weighted by atomic mass is 79.9. The maximum Gasteiger partial charge on any atom is 0.164 e. The summed E-state index contributed by atoms with van der Waals surface area (Å²) in [5.74, 6) is 0.917. The maximum atomic E-state index is 11.0. The highest BCUT2D eigenvalue weighted by Gasteiger charge is 2.53. The Morgan fingerprint density at radius 3 is 2.94 bits per heavy atom. The lowest BCUT2D eigenvalue weighted by Crippen LogP contribution is -2.47. The number of ether oxygens (including phenoxy) is 2. The summed E-state index contributed by atoms with van der Waals surface area (Å²) in [5.41, 5.74) is 5.48. The van der Waals surface area contributed by atoms with Crippen LogP contribution in [0.25, 0.3) is 21.9 Å². The molecule has 0 amide bonds. The standard InChI is InChI=1S/C21H19BrClN5O4/c1-21(30)15(8-31-11-3-2-10-6-13(22)18(24)27-14(10)7-11)32-20(16(21)29)28-5-4-12-17(23)25-9-26-19(12)28/h2-7,9,15-16,20,29-30H,8H2,1H3,(H2,24,27)/t15-,16+,20-,21-/m1/s1. The molecular weight excluding hydrogens is 502 g/mol. The van der Waals surface area contributed by atoms with Gasteiger partial charge in [0.1, 0.15) is 53.1 Å². The average molecular weight is 521 g/mol. The van der Waals surface area contributed by atoms with Gasteiger partial charge in [0, 0.05) is 17.6 Å². The molecule has 4 heterocycles. The molecule has 1 aliphatic heterocycles. The normalized spacial score (nSPS) is 25.6. The quantitative estimate of drug-likeness (QED) is 0.350. The number of anilines is 1. The Balaban J connectivity index is 1.38. The Hall–Kier alpha value is -2.50. The number of nitrogens with zero attached hydrogens (tertiary/aromatic N) is 4. The molecule has 0 aliphatic carbocycles. The van der Waals surface area contributed by atoms with Gasteiger partial charge in [-0.2, -0.15) is 0 Å². The van der Waals surface area contributed by atoms with Gasteiger partial charge in [0.15, 0.2) is 6.23 Å². The van der Waals surface area contributed by atoms with Crippen LogP contribution in [0.3, 0.4) is 0 Å². The van der Waals surface area contributed by atoms with E-state index < -0.39 is 24.0 Å². The molecular formula is C21H19BrClN5O4. The molecule has 4 atom stereocenters. The molecule has 1 fully saturated rings. The van der Waals surface area contributed by atoms with Gasteiger partial charge in [0.2, 0.25) is 0 Å². The number of fused-ring (bicyclic) bond motifs is 2. The zero-order valence-electron chi connectivity index (χ0n) is 16.8. The van der Waals surface area contributed by atoms with Crippen molar-refractivity contribution in [3.8, 4) is 5.75 Å². The van der Waals surface area contributed by atoms with Crippen LogP contribution in [0.5, 0.6) is 5.75 Å². The number of benzene rings is 1. The molecule has 0 bridgehead atoms. The zero-order chi connectivity index (χ0) is 22.6. The van der Waals surface area contributed by atoms with Crippen LogP contribution in [0.4, 0.5) is 5.82 Å². The molecule has 5 rings (SSSR count). The fourth-order valence-corrected chi connectivity index (χ4v) is 4.35. The highest BCUT2D eigenvalue weighted by Crippen LogP contribution is 2.39. The topological polar surface area (TPSA) is 129 Å². The number of nitrogens with two attached hydrogens (primary N) is 1. The van der Waals surface area contributed by atoms with Crippen molar-refractivity contribution in [2.24, 2.45) is 0 Å². The molecule has 1 aromatic carbocycles. The number of nitrogen functional groups attached to an aromatic ring is 1. The number of hydrogen-bond acceptors (Lipinski definition) is 8. The predicted molar refractivity (Wildman–Crippen MR) is 122 cm³/mol. The van der Waals surface area contributed by atoms with E-state index >= 15 is 0 Å². The number of aromatic nitrogens is 4. The van der Waals surface area contributed by atoms with Gasteiger partial charge in [-0.05, 0) is 47.1 Å². The van der Waals surface area contributed by atoms with E-state index in [0.29, 0.717) is 33.3 Å². The van der Waals surface area contributed by atoms with Crippen molar-refractivity contribution in [3.63, 3.8) is 0 Å². The fraction of sp³-hybridized carbons (Fsp3) is 0.286. The molecule has 3 aromatic heterocycles. The lowest BCUT2D eigenvalue weighted by atomic mass is 9.95. The van der Waals surface area contributed by atoms with Crippen molar-refractivity contribution in [2.45, 2.75) is 31.0 Å². The molecule has 0 saturated carbocycles. The molecule has 9 nitrogen and oxygen atoms in total. The highest BCUT2D eigenvalue weighted by molar-refractivity contribution is 9.10. The predicted octanol–water partition coefficient (Wildman–Crippen LogP) is 3.07. The van der Waals surface area contributed by atoms with Crippen LogP contribution in [0.1, 0.15) is 13.2 Å². The molecule has 0 spiro atoms. The van der Waals surface area contributed by atoms with Crippen molar-refractivity contribution >= 4 is 55.3 Å². The van der Waals surface area contributed by atoms with Crippen molar-refractivity contribution in [2.75, 3.05) is 12.3 Å². The molecule has 1 saturated heterocycles.